The largest absolute Gasteiger partial charge is 0.493 e. The van der Waals surface area contributed by atoms with Gasteiger partial charge in [0, 0.05) is 29.7 Å². The minimum absolute atomic E-state index is 0.214. The number of likely N-dealkylation sites (tertiary alicyclic amines) is 1. The molecule has 5 aromatic rings. The summed E-state index contributed by atoms with van der Waals surface area (Å²) in [6.07, 6.45) is 6.32. The van der Waals surface area contributed by atoms with Gasteiger partial charge in [0.25, 0.3) is 5.91 Å². The Morgan fingerprint density at radius 2 is 1.82 bits per heavy atom. The number of anilines is 1. The van der Waals surface area contributed by atoms with Gasteiger partial charge in [-0.05, 0) is 73.5 Å². The van der Waals surface area contributed by atoms with E-state index in [-0.39, 0.29) is 11.3 Å². The predicted molar refractivity (Wildman–Crippen MR) is 174 cm³/mol. The van der Waals surface area contributed by atoms with Crippen molar-refractivity contribution in [2.75, 3.05) is 38.7 Å². The molecule has 45 heavy (non-hydrogen) atoms. The van der Waals surface area contributed by atoms with E-state index in [1.54, 1.807) is 19.2 Å². The lowest BCUT2D eigenvalue weighted by atomic mass is 9.93. The molecule has 6 rings (SSSR count). The zero-order valence-electron chi connectivity index (χ0n) is 26.3. The van der Waals surface area contributed by atoms with Crippen LogP contribution in [0.25, 0.3) is 21.7 Å². The van der Waals surface area contributed by atoms with E-state index in [2.05, 4.69) is 25.3 Å². The van der Waals surface area contributed by atoms with Gasteiger partial charge in [0.05, 0.1) is 24.6 Å². The smallest absolute Gasteiger partial charge is 0.257 e. The highest BCUT2D eigenvalue weighted by Gasteiger charge is 2.21. The zero-order chi connectivity index (χ0) is 31.4. The molecule has 1 fully saturated rings. The fraction of sp³-hybridized carbons (Fsp3) is 0.371. The lowest BCUT2D eigenvalue weighted by Crippen LogP contribution is -2.31. The van der Waals surface area contributed by atoms with Gasteiger partial charge in [0.1, 0.15) is 17.8 Å². The Kier molecular flexibility index (Phi) is 8.84. The molecule has 234 valence electrons. The first-order chi connectivity index (χ1) is 21.8. The summed E-state index contributed by atoms with van der Waals surface area (Å²) in [5, 5.41) is 9.17. The maximum atomic E-state index is 13.2. The van der Waals surface area contributed by atoms with Gasteiger partial charge in [-0.3, -0.25) is 4.79 Å². The summed E-state index contributed by atoms with van der Waals surface area (Å²) in [7, 11) is 1.62. The van der Waals surface area contributed by atoms with Crippen molar-refractivity contribution in [3.05, 3.63) is 72.2 Å². The molecule has 3 heterocycles. The molecule has 3 aromatic carbocycles. The normalized spacial score (nSPS) is 14.0. The van der Waals surface area contributed by atoms with E-state index in [0.29, 0.717) is 57.8 Å². The van der Waals surface area contributed by atoms with E-state index < -0.39 is 0 Å². The molecule has 0 spiro atoms. The molecule has 1 saturated heterocycles. The van der Waals surface area contributed by atoms with E-state index in [1.165, 1.54) is 38.7 Å². The number of piperidine rings is 1. The minimum Gasteiger partial charge on any atom is -0.493 e. The standard InChI is InChI=1S/C35H39N5O5/c1-35(2,3)31-21-32(39-45-31)38-33(41)26-11-8-10-23-18-24(12-13-25(23)26)44-34-27-19-29(42-4)30(20-28(27)36-22-37-34)43-17-9-16-40-14-6-5-7-15-40/h8,10-13,18-22H,5-7,9,14-17H2,1-4H3,(H,38,39,41). The minimum atomic E-state index is -0.276. The first-order valence-electron chi connectivity index (χ1n) is 15.5. The van der Waals surface area contributed by atoms with Crippen LogP contribution in [0, 0.1) is 0 Å². The average molecular weight is 610 g/mol. The molecule has 0 saturated carbocycles. The number of hydrogen-bond acceptors (Lipinski definition) is 9. The highest BCUT2D eigenvalue weighted by molar-refractivity contribution is 6.12. The molecular weight excluding hydrogens is 570 g/mol. The third kappa shape index (κ3) is 7.01. The third-order valence-electron chi connectivity index (χ3n) is 8.01. The van der Waals surface area contributed by atoms with E-state index in [1.807, 2.05) is 63.2 Å². The summed E-state index contributed by atoms with van der Waals surface area (Å²) in [6.45, 7) is 10.1. The number of methoxy groups -OCH3 is 1. The molecule has 1 N–H and O–H groups in total. The summed E-state index contributed by atoms with van der Waals surface area (Å²) >= 11 is 0. The second-order valence-electron chi connectivity index (χ2n) is 12.4. The van der Waals surface area contributed by atoms with Crippen molar-refractivity contribution in [2.24, 2.45) is 0 Å². The summed E-state index contributed by atoms with van der Waals surface area (Å²) in [5.74, 6) is 2.99. The fourth-order valence-electron chi connectivity index (χ4n) is 5.55. The molecule has 10 heteroatoms. The van der Waals surface area contributed by atoms with Crippen molar-refractivity contribution in [3.8, 4) is 23.1 Å². The van der Waals surface area contributed by atoms with Crippen molar-refractivity contribution in [1.82, 2.24) is 20.0 Å². The number of carbonyl (C=O) groups is 1. The average Bonchev–Trinajstić information content (AvgIpc) is 3.52. The predicted octanol–water partition coefficient (Wildman–Crippen LogP) is 7.38. The van der Waals surface area contributed by atoms with Crippen LogP contribution in [0.2, 0.25) is 0 Å². The second-order valence-corrected chi connectivity index (χ2v) is 12.4. The Bertz CT molecular complexity index is 1810. The van der Waals surface area contributed by atoms with Gasteiger partial charge in [-0.1, -0.05) is 44.5 Å². The van der Waals surface area contributed by atoms with Crippen LogP contribution in [0.15, 0.2) is 65.4 Å². The molecule has 1 aliphatic heterocycles. The highest BCUT2D eigenvalue weighted by atomic mass is 16.5. The van der Waals surface area contributed by atoms with Crippen molar-refractivity contribution >= 4 is 33.4 Å². The number of amides is 1. The van der Waals surface area contributed by atoms with Crippen molar-refractivity contribution in [2.45, 2.75) is 51.9 Å². The van der Waals surface area contributed by atoms with Gasteiger partial charge >= 0.3 is 0 Å². The Labute approximate surface area is 262 Å². The number of fused-ring (bicyclic) bond motifs is 2. The first-order valence-corrected chi connectivity index (χ1v) is 15.5. The number of carbonyl (C=O) groups excluding carboxylic acids is 1. The van der Waals surface area contributed by atoms with Gasteiger partial charge in [0.15, 0.2) is 17.3 Å². The van der Waals surface area contributed by atoms with Crippen LogP contribution in [0.4, 0.5) is 5.82 Å². The van der Waals surface area contributed by atoms with Crippen LogP contribution in [-0.2, 0) is 5.41 Å². The number of ether oxygens (including phenoxy) is 3. The third-order valence-corrected chi connectivity index (χ3v) is 8.01. The maximum Gasteiger partial charge on any atom is 0.257 e. The monoisotopic (exact) mass is 609 g/mol. The number of aromatic nitrogens is 3. The Morgan fingerprint density at radius 1 is 0.978 bits per heavy atom. The molecule has 10 nitrogen and oxygen atoms in total. The van der Waals surface area contributed by atoms with E-state index in [0.717, 1.165) is 23.7 Å². The van der Waals surface area contributed by atoms with E-state index >= 15 is 0 Å². The Hall–Kier alpha value is -4.70. The molecule has 0 radical (unpaired) electrons. The van der Waals surface area contributed by atoms with Gasteiger partial charge in [-0.2, -0.15) is 0 Å². The fourth-order valence-corrected chi connectivity index (χ4v) is 5.55. The molecule has 1 aliphatic rings. The summed E-state index contributed by atoms with van der Waals surface area (Å²) in [6, 6.07) is 16.6. The van der Waals surface area contributed by atoms with Gasteiger partial charge < -0.3 is 29.0 Å². The quantitative estimate of drug-likeness (QED) is 0.162. The first kappa shape index (κ1) is 30.3. The van der Waals surface area contributed by atoms with Crippen LogP contribution in [0.5, 0.6) is 23.1 Å². The van der Waals surface area contributed by atoms with E-state index in [9.17, 15) is 4.79 Å². The maximum absolute atomic E-state index is 13.2. The lowest BCUT2D eigenvalue weighted by Gasteiger charge is -2.26. The van der Waals surface area contributed by atoms with E-state index in [4.69, 9.17) is 18.7 Å². The van der Waals surface area contributed by atoms with Crippen LogP contribution < -0.4 is 19.5 Å². The number of benzene rings is 3. The van der Waals surface area contributed by atoms with Crippen LogP contribution in [0.3, 0.4) is 0 Å². The molecule has 2 aromatic heterocycles. The van der Waals surface area contributed by atoms with Crippen LogP contribution in [0.1, 0.15) is 62.6 Å². The van der Waals surface area contributed by atoms with Gasteiger partial charge in [-0.25, -0.2) is 9.97 Å². The molecule has 0 aliphatic carbocycles. The topological polar surface area (TPSA) is 112 Å². The lowest BCUT2D eigenvalue weighted by molar-refractivity contribution is 0.102. The Morgan fingerprint density at radius 3 is 2.60 bits per heavy atom. The second kappa shape index (κ2) is 13.1. The number of rotatable bonds is 10. The number of nitrogens with one attached hydrogen (secondary N) is 1. The SMILES string of the molecule is COc1cc2c(Oc3ccc4c(C(=O)Nc5cc(C(C)(C)C)on5)cccc4c3)ncnc2cc1OCCCN1CCCCC1. The summed E-state index contributed by atoms with van der Waals surface area (Å²) in [5.41, 5.74) is 0.989. The summed E-state index contributed by atoms with van der Waals surface area (Å²) in [4.78, 5) is 24.6. The van der Waals surface area contributed by atoms with Crippen LogP contribution >= 0.6 is 0 Å². The number of nitrogens with zero attached hydrogens (tertiary/aromatic N) is 4. The van der Waals surface area contributed by atoms with Crippen LogP contribution in [-0.4, -0.2) is 59.3 Å². The van der Waals surface area contributed by atoms with Crippen molar-refractivity contribution in [3.63, 3.8) is 0 Å². The zero-order valence-corrected chi connectivity index (χ0v) is 26.3. The molecule has 0 bridgehead atoms. The molecular formula is C35H39N5O5. The molecule has 1 amide bonds. The highest BCUT2D eigenvalue weighted by Crippen LogP contribution is 2.37. The molecule has 0 atom stereocenters. The van der Waals surface area contributed by atoms with Crippen molar-refractivity contribution in [1.29, 1.82) is 0 Å². The summed E-state index contributed by atoms with van der Waals surface area (Å²) < 4.78 is 23.5. The number of hydrogen-bond donors (Lipinski definition) is 1. The van der Waals surface area contributed by atoms with Gasteiger partial charge in [-0.15, -0.1) is 0 Å². The van der Waals surface area contributed by atoms with Gasteiger partial charge in [0.2, 0.25) is 5.88 Å². The molecule has 0 unspecified atom stereocenters. The Balaban J connectivity index is 1.17. The van der Waals surface area contributed by atoms with Crippen molar-refractivity contribution < 1.29 is 23.5 Å².